The molecule has 0 fully saturated rings. The second-order valence-corrected chi connectivity index (χ2v) is 17.9. The van der Waals surface area contributed by atoms with Crippen LogP contribution in [0.25, 0.3) is 11.1 Å². The fourth-order valence-electron chi connectivity index (χ4n) is 6.94. The Morgan fingerprint density at radius 3 is 1.64 bits per heavy atom. The molecule has 0 N–H and O–H groups in total. The maximum absolute atomic E-state index is 2.71. The quantitative estimate of drug-likeness (QED) is 0.260. The van der Waals surface area contributed by atoms with Crippen LogP contribution in [-0.4, -0.2) is 3.21 Å². The fraction of sp³-hybridized carbons (Fsp3) is 0.256. The van der Waals surface area contributed by atoms with E-state index in [1.54, 1.807) is 28.8 Å². The largest absolute Gasteiger partial charge is 1.00 e. The molecule has 6 rings (SSSR count). The minimum absolute atomic E-state index is 0. The molecule has 0 saturated heterocycles. The van der Waals surface area contributed by atoms with E-state index in [4.69, 9.17) is 0 Å². The van der Waals surface area contributed by atoms with Gasteiger partial charge in [0.15, 0.2) is 0 Å². The van der Waals surface area contributed by atoms with Gasteiger partial charge in [-0.05, 0) is 0 Å². The van der Waals surface area contributed by atoms with Gasteiger partial charge in [-0.15, -0.1) is 0 Å². The topological polar surface area (TPSA) is 0 Å². The number of hydrogen-bond acceptors (Lipinski definition) is 0. The molecule has 3 heteroatoms. The van der Waals surface area contributed by atoms with E-state index in [9.17, 15) is 0 Å². The van der Waals surface area contributed by atoms with Crippen molar-refractivity contribution < 1.29 is 46.1 Å². The third kappa shape index (κ3) is 6.31. The summed E-state index contributed by atoms with van der Waals surface area (Å²) in [6.45, 7) is 9.21. The molecule has 4 aromatic carbocycles. The summed E-state index contributed by atoms with van der Waals surface area (Å²) in [5.74, 6) is 0. The van der Waals surface area contributed by atoms with Crippen molar-refractivity contribution in [3.05, 3.63) is 151 Å². The Hall–Kier alpha value is -2.31. The molecule has 2 aliphatic carbocycles. The molecule has 0 aliphatic heterocycles. The molecule has 0 nitrogen and oxygen atoms in total. The number of halogens is 2. The van der Waals surface area contributed by atoms with Crippen molar-refractivity contribution in [3.63, 3.8) is 0 Å². The van der Waals surface area contributed by atoms with Gasteiger partial charge >= 0.3 is 250 Å². The predicted molar refractivity (Wildman–Crippen MR) is 169 cm³/mol. The molecule has 2 aliphatic rings. The first kappa shape index (κ1) is 32.6. The van der Waals surface area contributed by atoms with Crippen molar-refractivity contribution in [2.45, 2.75) is 63.4 Å². The maximum Gasteiger partial charge on any atom is -1.00 e. The van der Waals surface area contributed by atoms with Crippen LogP contribution in [0.2, 0.25) is 0 Å². The first-order valence-electron chi connectivity index (χ1n) is 15.1. The van der Waals surface area contributed by atoms with Crippen LogP contribution in [0.15, 0.2) is 118 Å². The molecule has 214 valence electrons. The monoisotopic (exact) mass is 668 g/mol. The molecule has 4 aromatic rings. The number of benzene rings is 4. The van der Waals surface area contributed by atoms with Crippen molar-refractivity contribution >= 4 is 3.21 Å². The molecule has 0 unspecified atom stereocenters. The summed E-state index contributed by atoms with van der Waals surface area (Å²) in [7, 11) is 0. The fourth-order valence-corrected chi connectivity index (χ4v) is 16.2. The van der Waals surface area contributed by atoms with Gasteiger partial charge in [-0.1, -0.05) is 0 Å². The normalized spacial score (nSPS) is 13.4. The van der Waals surface area contributed by atoms with E-state index in [1.165, 1.54) is 65.5 Å². The zero-order valence-corrected chi connectivity index (χ0v) is 29.2. The molecule has 0 saturated carbocycles. The molecule has 0 aromatic heterocycles. The van der Waals surface area contributed by atoms with Crippen molar-refractivity contribution in [1.82, 2.24) is 0 Å². The van der Waals surface area contributed by atoms with Crippen molar-refractivity contribution in [1.29, 1.82) is 0 Å². The molecule has 42 heavy (non-hydrogen) atoms. The molecule has 0 bridgehead atoms. The van der Waals surface area contributed by atoms with Crippen LogP contribution in [0.1, 0.15) is 83.0 Å². The summed E-state index contributed by atoms with van der Waals surface area (Å²) in [6.07, 6.45) is 8.76. The van der Waals surface area contributed by atoms with E-state index >= 15 is 0 Å². The van der Waals surface area contributed by atoms with Crippen LogP contribution in [0, 0.1) is 13.8 Å². The van der Waals surface area contributed by atoms with E-state index < -0.39 is 21.3 Å². The summed E-state index contributed by atoms with van der Waals surface area (Å²) < 4.78 is 3.90. The number of aryl methyl sites for hydroxylation is 2. The summed E-state index contributed by atoms with van der Waals surface area (Å²) in [4.78, 5) is 0. The molecule has 0 radical (unpaired) electrons. The molecule has 0 atom stereocenters. The van der Waals surface area contributed by atoms with E-state index in [1.807, 2.05) is 0 Å². The minimum atomic E-state index is -2.67. The van der Waals surface area contributed by atoms with Gasteiger partial charge < -0.3 is 24.8 Å². The Morgan fingerprint density at radius 1 is 0.667 bits per heavy atom. The first-order chi connectivity index (χ1) is 19.6. The summed E-state index contributed by atoms with van der Waals surface area (Å²) in [6, 6.07) is 37.2. The van der Waals surface area contributed by atoms with Gasteiger partial charge in [0.25, 0.3) is 0 Å². The van der Waals surface area contributed by atoms with Crippen molar-refractivity contribution in [2.75, 3.05) is 0 Å². The van der Waals surface area contributed by atoms with Crippen LogP contribution in [0.3, 0.4) is 0 Å². The van der Waals surface area contributed by atoms with Crippen LogP contribution in [-0.2, 0) is 21.3 Å². The molecule has 0 heterocycles. The second-order valence-electron chi connectivity index (χ2n) is 11.6. The number of rotatable bonds is 8. The van der Waals surface area contributed by atoms with E-state index in [0.717, 1.165) is 0 Å². The number of allylic oxidation sites excluding steroid dienone is 4. The zero-order chi connectivity index (χ0) is 27.6. The SMILES string of the molecule is CCCC1=C(CCC)C[C]([Zr+2](=[C](c2ccccc2)c2ccccc2)[CH]2c3cc(C)ccc3-c3ccc(C)cc32)=C1.[Cl-].[Cl-]. The average Bonchev–Trinajstić information content (AvgIpc) is 3.50. The van der Waals surface area contributed by atoms with E-state index in [2.05, 4.69) is 131 Å². The Bertz CT molecular complexity index is 1550. The van der Waals surface area contributed by atoms with Gasteiger partial charge in [0.2, 0.25) is 0 Å². The van der Waals surface area contributed by atoms with Crippen LogP contribution < -0.4 is 24.8 Å². The summed E-state index contributed by atoms with van der Waals surface area (Å²) in [5, 5.41) is 0. The Morgan fingerprint density at radius 2 is 1.17 bits per heavy atom. The molecular formula is C39H40Cl2Zr. The van der Waals surface area contributed by atoms with E-state index in [-0.39, 0.29) is 24.8 Å². The van der Waals surface area contributed by atoms with Gasteiger partial charge in [-0.3, -0.25) is 0 Å². The first-order valence-corrected chi connectivity index (χ1v) is 18.9. The predicted octanol–water partition coefficient (Wildman–Crippen LogP) is 4.45. The molecular weight excluding hydrogens is 631 g/mol. The Kier molecular flexibility index (Phi) is 11.2. The van der Waals surface area contributed by atoms with Gasteiger partial charge in [0.1, 0.15) is 0 Å². The second kappa shape index (κ2) is 14.4. The van der Waals surface area contributed by atoms with Gasteiger partial charge in [0.05, 0.1) is 0 Å². The van der Waals surface area contributed by atoms with Gasteiger partial charge in [-0.25, -0.2) is 0 Å². The Labute approximate surface area is 273 Å². The van der Waals surface area contributed by atoms with E-state index in [0.29, 0.717) is 3.63 Å². The number of fused-ring (bicyclic) bond motifs is 3. The standard InChI is InChI=1S/C15H13.C13H10.C11H17.2ClH.Zr/c1-10-3-5-14-12(7-10)9-13-8-11(2)4-6-15(13)14;1-3-7-12(8-4-1)11-13-9-5-2-6-10-13;1-3-6-10-8-5-9-11(10)7-4-2;;;/h3-9H,1-2H3;1-10H;8H,3-4,6-7,9H2,1-2H3;2*1H;/q;;;;;+2/p-2. The maximum atomic E-state index is 2.71. The van der Waals surface area contributed by atoms with Crippen LogP contribution >= 0.6 is 0 Å². The third-order valence-corrected chi connectivity index (χ3v) is 16.8. The summed E-state index contributed by atoms with van der Waals surface area (Å²) >= 11 is -2.67. The average molecular weight is 671 g/mol. The van der Waals surface area contributed by atoms with Crippen molar-refractivity contribution in [2.24, 2.45) is 0 Å². The minimum Gasteiger partial charge on any atom is -1.00 e. The van der Waals surface area contributed by atoms with Crippen LogP contribution in [0.4, 0.5) is 0 Å². The third-order valence-electron chi connectivity index (χ3n) is 8.63. The molecule has 0 amide bonds. The van der Waals surface area contributed by atoms with Gasteiger partial charge in [0, 0.05) is 0 Å². The zero-order valence-electron chi connectivity index (χ0n) is 25.2. The summed E-state index contributed by atoms with van der Waals surface area (Å²) in [5.41, 5.74) is 15.0. The Balaban J connectivity index is 0.00000202. The molecule has 0 spiro atoms. The van der Waals surface area contributed by atoms with Crippen LogP contribution in [0.5, 0.6) is 0 Å². The van der Waals surface area contributed by atoms with Crippen molar-refractivity contribution in [3.8, 4) is 11.1 Å². The number of hydrogen-bond donors (Lipinski definition) is 0. The smallest absolute Gasteiger partial charge is 1.00 e. The van der Waals surface area contributed by atoms with Gasteiger partial charge in [-0.2, -0.15) is 0 Å².